The molecule has 0 bridgehead atoms. The molecule has 5 rings (SSSR count). The molecule has 0 aromatic carbocycles. The van der Waals surface area contributed by atoms with Crippen molar-refractivity contribution in [2.75, 3.05) is 13.2 Å². The number of carbonyl (C=O) groups excluding carboxylic acids is 1. The van der Waals surface area contributed by atoms with Crippen LogP contribution in [0.5, 0.6) is 0 Å². The van der Waals surface area contributed by atoms with Crippen molar-refractivity contribution in [3.63, 3.8) is 0 Å². The van der Waals surface area contributed by atoms with Crippen molar-refractivity contribution in [3.05, 3.63) is 12.2 Å². The SMILES string of the molecule is C=C(C)C(=O)OC[C@]12O[C@@H]3COC4(CCCCC4)O[C@@H]3[C@H]1OC1(CCCCC1)O2. The van der Waals surface area contributed by atoms with Crippen molar-refractivity contribution < 1.29 is 33.2 Å². The highest BCUT2D eigenvalue weighted by Crippen LogP contribution is 2.54. The predicted octanol–water partition coefficient (Wildman–Crippen LogP) is 3.35. The molecule has 3 heterocycles. The zero-order valence-corrected chi connectivity index (χ0v) is 17.3. The van der Waals surface area contributed by atoms with Gasteiger partial charge in [0, 0.05) is 31.3 Å². The lowest BCUT2D eigenvalue weighted by Gasteiger charge is -2.45. The van der Waals surface area contributed by atoms with Crippen LogP contribution >= 0.6 is 0 Å². The summed E-state index contributed by atoms with van der Waals surface area (Å²) in [6, 6.07) is 0. The minimum atomic E-state index is -1.15. The van der Waals surface area contributed by atoms with Gasteiger partial charge in [-0.2, -0.15) is 0 Å². The van der Waals surface area contributed by atoms with E-state index in [9.17, 15) is 4.79 Å². The molecule has 5 fully saturated rings. The highest BCUT2D eigenvalue weighted by molar-refractivity contribution is 5.86. The Labute approximate surface area is 172 Å². The molecule has 2 spiro atoms. The van der Waals surface area contributed by atoms with Gasteiger partial charge in [-0.3, -0.25) is 0 Å². The molecule has 4 atom stereocenters. The minimum absolute atomic E-state index is 0.0333. The molecule has 162 valence electrons. The molecule has 0 N–H and O–H groups in total. The third-order valence-corrected chi connectivity index (χ3v) is 6.99. The van der Waals surface area contributed by atoms with Crippen LogP contribution in [0.25, 0.3) is 0 Å². The fourth-order valence-electron chi connectivity index (χ4n) is 5.53. The summed E-state index contributed by atoms with van der Waals surface area (Å²) < 4.78 is 37.7. The molecule has 0 aromatic rings. The summed E-state index contributed by atoms with van der Waals surface area (Å²) in [4.78, 5) is 12.1. The molecule has 0 aromatic heterocycles. The second-order valence-corrected chi connectivity index (χ2v) is 9.30. The number of fused-ring (bicyclic) bond motifs is 3. The van der Waals surface area contributed by atoms with E-state index in [2.05, 4.69) is 6.58 Å². The fraction of sp³-hybridized carbons (Fsp3) is 0.864. The lowest BCUT2D eigenvalue weighted by Crippen LogP contribution is -2.54. The van der Waals surface area contributed by atoms with Crippen LogP contribution in [-0.4, -0.2) is 54.9 Å². The molecule has 2 saturated carbocycles. The van der Waals surface area contributed by atoms with Crippen LogP contribution in [0.4, 0.5) is 0 Å². The molecular formula is C22H32O7. The standard InChI is InChI=1S/C22H32O7/c1-15(2)19(23)24-14-22-18(28-21(29-22)11-7-4-8-12-21)17-16(26-22)13-25-20(27-17)9-5-3-6-10-20/h16-18H,1,3-14H2,2H3/t16-,17+,18-,22-/m1/s1. The molecule has 3 saturated heterocycles. The van der Waals surface area contributed by atoms with Gasteiger partial charge in [0.25, 0.3) is 0 Å². The van der Waals surface area contributed by atoms with Crippen molar-refractivity contribution in [1.82, 2.24) is 0 Å². The van der Waals surface area contributed by atoms with Gasteiger partial charge in [0.15, 0.2) is 11.6 Å². The second-order valence-electron chi connectivity index (χ2n) is 9.30. The number of esters is 1. The van der Waals surface area contributed by atoms with Gasteiger partial charge in [-0.1, -0.05) is 19.4 Å². The van der Waals surface area contributed by atoms with E-state index < -0.39 is 29.4 Å². The summed E-state index contributed by atoms with van der Waals surface area (Å²) in [5.41, 5.74) is 0.348. The molecule has 5 aliphatic rings. The van der Waals surface area contributed by atoms with Crippen LogP contribution < -0.4 is 0 Å². The Morgan fingerprint density at radius 1 is 0.966 bits per heavy atom. The van der Waals surface area contributed by atoms with Crippen LogP contribution in [0.2, 0.25) is 0 Å². The van der Waals surface area contributed by atoms with Crippen molar-refractivity contribution >= 4 is 5.97 Å². The molecule has 29 heavy (non-hydrogen) atoms. The average Bonchev–Trinajstić information content (AvgIpc) is 3.16. The molecule has 0 amide bonds. The Morgan fingerprint density at radius 2 is 1.62 bits per heavy atom. The maximum atomic E-state index is 12.1. The lowest BCUT2D eigenvalue weighted by molar-refractivity contribution is -0.353. The first-order valence-corrected chi connectivity index (χ1v) is 11.2. The Morgan fingerprint density at radius 3 is 2.28 bits per heavy atom. The molecular weight excluding hydrogens is 376 g/mol. The third-order valence-electron chi connectivity index (χ3n) is 6.99. The van der Waals surface area contributed by atoms with E-state index in [0.717, 1.165) is 51.4 Å². The Bertz CT molecular complexity index is 664. The number of ether oxygens (including phenoxy) is 6. The zero-order valence-electron chi connectivity index (χ0n) is 17.3. The molecule has 7 heteroatoms. The first kappa shape index (κ1) is 19.9. The fourth-order valence-corrected chi connectivity index (χ4v) is 5.53. The van der Waals surface area contributed by atoms with E-state index in [1.807, 2.05) is 0 Å². The molecule has 0 radical (unpaired) electrons. The minimum Gasteiger partial charge on any atom is -0.456 e. The van der Waals surface area contributed by atoms with Crippen molar-refractivity contribution in [3.8, 4) is 0 Å². The van der Waals surface area contributed by atoms with Crippen LogP contribution in [0, 0.1) is 0 Å². The number of carbonyl (C=O) groups is 1. The van der Waals surface area contributed by atoms with Gasteiger partial charge in [0.1, 0.15) is 24.9 Å². The maximum Gasteiger partial charge on any atom is 0.333 e. The van der Waals surface area contributed by atoms with Gasteiger partial charge in [0.2, 0.25) is 5.79 Å². The van der Waals surface area contributed by atoms with Gasteiger partial charge in [-0.05, 0) is 32.6 Å². The average molecular weight is 408 g/mol. The molecule has 2 aliphatic carbocycles. The highest BCUT2D eigenvalue weighted by Gasteiger charge is 2.70. The van der Waals surface area contributed by atoms with E-state index in [1.54, 1.807) is 6.92 Å². The topological polar surface area (TPSA) is 72.5 Å². The molecule has 7 nitrogen and oxygen atoms in total. The van der Waals surface area contributed by atoms with Crippen molar-refractivity contribution in [2.45, 2.75) is 107 Å². The van der Waals surface area contributed by atoms with Gasteiger partial charge in [-0.25, -0.2) is 4.79 Å². The monoisotopic (exact) mass is 408 g/mol. The van der Waals surface area contributed by atoms with Crippen molar-refractivity contribution in [2.24, 2.45) is 0 Å². The van der Waals surface area contributed by atoms with Gasteiger partial charge < -0.3 is 28.4 Å². The Balaban J connectivity index is 1.40. The van der Waals surface area contributed by atoms with E-state index in [0.29, 0.717) is 12.2 Å². The molecule has 3 aliphatic heterocycles. The van der Waals surface area contributed by atoms with Crippen LogP contribution in [-0.2, 0) is 33.2 Å². The summed E-state index contributed by atoms with van der Waals surface area (Å²) in [5.74, 6) is -2.82. The van der Waals surface area contributed by atoms with Gasteiger partial charge in [0.05, 0.1) is 6.61 Å². The normalized spacial score (nSPS) is 39.8. The smallest absolute Gasteiger partial charge is 0.333 e. The summed E-state index contributed by atoms with van der Waals surface area (Å²) in [5, 5.41) is 0. The van der Waals surface area contributed by atoms with Gasteiger partial charge in [-0.15, -0.1) is 0 Å². The van der Waals surface area contributed by atoms with E-state index in [-0.39, 0.29) is 18.8 Å². The summed E-state index contributed by atoms with van der Waals surface area (Å²) >= 11 is 0. The second kappa shape index (κ2) is 7.31. The van der Waals surface area contributed by atoms with E-state index in [4.69, 9.17) is 28.4 Å². The van der Waals surface area contributed by atoms with Crippen LogP contribution in [0.1, 0.15) is 71.1 Å². The maximum absolute atomic E-state index is 12.1. The number of hydrogen-bond donors (Lipinski definition) is 0. The first-order chi connectivity index (χ1) is 14.0. The predicted molar refractivity (Wildman–Crippen MR) is 102 cm³/mol. The quantitative estimate of drug-likeness (QED) is 0.524. The zero-order chi connectivity index (χ0) is 20.1. The van der Waals surface area contributed by atoms with Crippen molar-refractivity contribution in [1.29, 1.82) is 0 Å². The number of rotatable bonds is 3. The third kappa shape index (κ3) is 3.45. The summed E-state index contributed by atoms with van der Waals surface area (Å²) in [6.45, 7) is 5.70. The summed E-state index contributed by atoms with van der Waals surface area (Å²) in [6.07, 6.45) is 9.12. The number of hydrogen-bond acceptors (Lipinski definition) is 7. The Kier molecular flexibility index (Phi) is 5.02. The lowest BCUT2D eigenvalue weighted by atomic mass is 9.92. The highest BCUT2D eigenvalue weighted by atomic mass is 16.9. The largest absolute Gasteiger partial charge is 0.456 e. The van der Waals surface area contributed by atoms with E-state index >= 15 is 0 Å². The summed E-state index contributed by atoms with van der Waals surface area (Å²) in [7, 11) is 0. The van der Waals surface area contributed by atoms with Gasteiger partial charge >= 0.3 is 5.97 Å². The van der Waals surface area contributed by atoms with Crippen LogP contribution in [0.15, 0.2) is 12.2 Å². The van der Waals surface area contributed by atoms with E-state index in [1.165, 1.54) is 12.8 Å². The Hall–Kier alpha value is -0.990. The first-order valence-electron chi connectivity index (χ1n) is 11.2. The van der Waals surface area contributed by atoms with Crippen LogP contribution in [0.3, 0.4) is 0 Å². The molecule has 0 unspecified atom stereocenters.